The van der Waals surface area contributed by atoms with Crippen molar-refractivity contribution in [2.45, 2.75) is 161 Å². The molecular weight excluding hydrogens is 647 g/mol. The van der Waals surface area contributed by atoms with Crippen LogP contribution in [0.5, 0.6) is 0 Å². The van der Waals surface area contributed by atoms with E-state index in [0.29, 0.717) is 25.7 Å². The van der Waals surface area contributed by atoms with Crippen LogP contribution in [0.4, 0.5) is 0 Å². The van der Waals surface area contributed by atoms with Gasteiger partial charge in [0.05, 0.1) is 18.8 Å². The summed E-state index contributed by atoms with van der Waals surface area (Å²) in [5.41, 5.74) is 0. The van der Waals surface area contributed by atoms with Crippen LogP contribution in [0.2, 0.25) is 0 Å². The van der Waals surface area contributed by atoms with E-state index in [1.807, 2.05) is 30.4 Å². The maximum Gasteiger partial charge on any atom is 0.469 e. The minimum Gasteiger partial charge on any atom is -0.462 e. The number of ether oxygens (including phenoxy) is 2. The molecule has 3 atom stereocenters. The zero-order valence-electron chi connectivity index (χ0n) is 30.5. The highest BCUT2D eigenvalue weighted by Gasteiger charge is 2.23. The number of hydrogen-bond acceptors (Lipinski definition) is 8. The summed E-state index contributed by atoms with van der Waals surface area (Å²) in [4.78, 5) is 42.7. The summed E-state index contributed by atoms with van der Waals surface area (Å²) < 4.78 is 26.1. The van der Waals surface area contributed by atoms with Gasteiger partial charge in [0, 0.05) is 12.8 Å². The van der Waals surface area contributed by atoms with Crippen LogP contribution < -0.4 is 0 Å². The van der Waals surface area contributed by atoms with Crippen molar-refractivity contribution in [2.75, 3.05) is 13.2 Å². The van der Waals surface area contributed by atoms with E-state index >= 15 is 0 Å². The van der Waals surface area contributed by atoms with Crippen molar-refractivity contribution in [3.05, 3.63) is 48.6 Å². The molecule has 0 aromatic heterocycles. The van der Waals surface area contributed by atoms with Crippen molar-refractivity contribution in [3.63, 3.8) is 0 Å². The molecule has 10 nitrogen and oxygen atoms in total. The zero-order chi connectivity index (χ0) is 36.6. The van der Waals surface area contributed by atoms with Gasteiger partial charge in [-0.25, -0.2) is 4.57 Å². The highest BCUT2D eigenvalue weighted by molar-refractivity contribution is 7.46. The van der Waals surface area contributed by atoms with E-state index < -0.39 is 51.3 Å². The zero-order valence-corrected chi connectivity index (χ0v) is 31.4. The second-order valence-electron chi connectivity index (χ2n) is 13.1. The molecule has 4 N–H and O–H groups in total. The molecule has 0 aromatic carbocycles. The van der Waals surface area contributed by atoms with Crippen molar-refractivity contribution in [1.29, 1.82) is 0 Å². The van der Waals surface area contributed by atoms with Gasteiger partial charge in [-0.05, 0) is 38.0 Å². The van der Waals surface area contributed by atoms with Crippen LogP contribution in [0.15, 0.2) is 48.6 Å². The molecule has 49 heavy (non-hydrogen) atoms. The Labute approximate surface area is 296 Å². The fraction of sp³-hybridized carbons (Fsp3) is 0.737. The summed E-state index contributed by atoms with van der Waals surface area (Å²) >= 11 is 0. The van der Waals surface area contributed by atoms with Gasteiger partial charge in [-0.3, -0.25) is 14.1 Å². The minimum atomic E-state index is -4.80. The fourth-order valence-corrected chi connectivity index (χ4v) is 5.25. The number of aliphatic hydroxyl groups is 2. The molecule has 11 heteroatoms. The van der Waals surface area contributed by atoms with E-state index in [1.54, 1.807) is 18.2 Å². The maximum atomic E-state index is 12.3. The first-order valence-electron chi connectivity index (χ1n) is 18.5. The largest absolute Gasteiger partial charge is 0.469 e. The average Bonchev–Trinajstić information content (AvgIpc) is 3.03. The molecule has 0 radical (unpaired) electrons. The van der Waals surface area contributed by atoms with E-state index in [-0.39, 0.29) is 12.8 Å². The Morgan fingerprint density at radius 1 is 0.653 bits per heavy atom. The maximum absolute atomic E-state index is 12.3. The Bertz CT molecular complexity index is 985. The Morgan fingerprint density at radius 3 is 1.71 bits per heavy atom. The number of carbonyl (C=O) groups is 2. The van der Waals surface area contributed by atoms with E-state index in [0.717, 1.165) is 50.9 Å². The van der Waals surface area contributed by atoms with Crippen LogP contribution in [0.25, 0.3) is 0 Å². The molecule has 0 aliphatic rings. The number of aliphatic hydroxyl groups excluding tert-OH is 2. The molecule has 0 heterocycles. The Kier molecular flexibility index (Phi) is 30.5. The quantitative estimate of drug-likeness (QED) is 0.0230. The third-order valence-electron chi connectivity index (χ3n) is 7.74. The van der Waals surface area contributed by atoms with Crippen molar-refractivity contribution in [2.24, 2.45) is 5.92 Å². The second-order valence-corrected chi connectivity index (χ2v) is 14.3. The lowest BCUT2D eigenvalue weighted by Crippen LogP contribution is -2.29. The highest BCUT2D eigenvalue weighted by Crippen LogP contribution is 2.36. The molecule has 0 fully saturated rings. The van der Waals surface area contributed by atoms with Crippen LogP contribution in [0, 0.1) is 5.92 Å². The Hall–Kier alpha value is -2.07. The monoisotopic (exact) mass is 714 g/mol. The topological polar surface area (TPSA) is 160 Å². The predicted octanol–water partition coefficient (Wildman–Crippen LogP) is 8.59. The molecular formula is C38H67O10P. The molecule has 0 rings (SSSR count). The summed E-state index contributed by atoms with van der Waals surface area (Å²) in [6.07, 6.45) is 29.2. The molecule has 0 spiro atoms. The van der Waals surface area contributed by atoms with E-state index in [2.05, 4.69) is 25.3 Å². The summed E-state index contributed by atoms with van der Waals surface area (Å²) in [5.74, 6) is -0.350. The predicted molar refractivity (Wildman–Crippen MR) is 196 cm³/mol. The molecule has 0 aliphatic carbocycles. The normalized spacial score (nSPS) is 14.4. The smallest absolute Gasteiger partial charge is 0.462 e. The number of hydrogen-bond donors (Lipinski definition) is 4. The molecule has 0 aliphatic heterocycles. The highest BCUT2D eigenvalue weighted by atomic mass is 31.2. The number of phosphoric ester groups is 1. The van der Waals surface area contributed by atoms with Gasteiger partial charge in [0.2, 0.25) is 0 Å². The summed E-state index contributed by atoms with van der Waals surface area (Å²) in [7, 11) is -4.80. The Balaban J connectivity index is 4.25. The lowest BCUT2D eigenvalue weighted by Gasteiger charge is -2.18. The van der Waals surface area contributed by atoms with Gasteiger partial charge in [0.15, 0.2) is 6.10 Å². The second kappa shape index (κ2) is 31.9. The van der Waals surface area contributed by atoms with Crippen LogP contribution in [0.1, 0.15) is 143 Å². The Morgan fingerprint density at radius 2 is 1.16 bits per heavy atom. The SMILES string of the molecule is CCCCC[C@H](O)/C=C/C=C\C/C=C\C=C\[C@H](O)CCCC(=O)OC[C@H](COP(=O)(O)O)OC(=O)CCCCCCCCCCCC(C)C. The van der Waals surface area contributed by atoms with Gasteiger partial charge in [-0.1, -0.05) is 146 Å². The third kappa shape index (κ3) is 35.6. The average molecular weight is 715 g/mol. The first-order valence-corrected chi connectivity index (χ1v) is 20.0. The summed E-state index contributed by atoms with van der Waals surface area (Å²) in [6, 6.07) is 0. The van der Waals surface area contributed by atoms with Gasteiger partial charge in [0.1, 0.15) is 6.61 Å². The van der Waals surface area contributed by atoms with Crippen LogP contribution in [0.3, 0.4) is 0 Å². The van der Waals surface area contributed by atoms with Gasteiger partial charge >= 0.3 is 19.8 Å². The molecule has 0 amide bonds. The number of unbranched alkanes of at least 4 members (excludes halogenated alkanes) is 10. The van der Waals surface area contributed by atoms with Gasteiger partial charge in [0.25, 0.3) is 0 Å². The number of esters is 2. The van der Waals surface area contributed by atoms with Crippen molar-refractivity contribution in [3.8, 4) is 0 Å². The van der Waals surface area contributed by atoms with Gasteiger partial charge in [-0.2, -0.15) is 0 Å². The standard InChI is InChI=1S/C38H67O10P/c1-4-5-18-25-34(39)26-20-15-11-9-12-16-21-27-35(40)28-23-30-37(41)46-31-36(32-47-49(43,44)45)48-38(42)29-22-17-13-8-6-7-10-14-19-24-33(2)3/h11-12,15-16,20-21,26-27,33-36,39-40H,4-10,13-14,17-19,22-25,28-32H2,1-3H3,(H2,43,44,45)/b15-11-,16-12-,26-20+,27-21+/t34-,35-,36+/m0/s1. The number of phosphoric acid groups is 1. The molecule has 0 aromatic rings. The molecule has 0 saturated carbocycles. The van der Waals surface area contributed by atoms with Crippen LogP contribution in [-0.2, 0) is 28.2 Å². The third-order valence-corrected chi connectivity index (χ3v) is 8.22. The van der Waals surface area contributed by atoms with Gasteiger partial charge < -0.3 is 29.5 Å². The summed E-state index contributed by atoms with van der Waals surface area (Å²) in [6.45, 7) is 5.65. The van der Waals surface area contributed by atoms with E-state index in [4.69, 9.17) is 19.3 Å². The fourth-order valence-electron chi connectivity index (χ4n) is 4.89. The lowest BCUT2D eigenvalue weighted by molar-refractivity contribution is -0.161. The van der Waals surface area contributed by atoms with E-state index in [1.165, 1.54) is 38.5 Å². The van der Waals surface area contributed by atoms with Crippen LogP contribution in [-0.4, -0.2) is 63.5 Å². The number of carbonyl (C=O) groups excluding carboxylic acids is 2. The van der Waals surface area contributed by atoms with Crippen LogP contribution >= 0.6 is 7.82 Å². The molecule has 0 saturated heterocycles. The molecule has 0 bridgehead atoms. The van der Waals surface area contributed by atoms with E-state index in [9.17, 15) is 24.4 Å². The lowest BCUT2D eigenvalue weighted by atomic mass is 10.0. The summed E-state index contributed by atoms with van der Waals surface area (Å²) in [5, 5.41) is 20.0. The number of allylic oxidation sites excluding steroid dienone is 6. The number of rotatable bonds is 32. The first kappa shape index (κ1) is 46.9. The van der Waals surface area contributed by atoms with Gasteiger partial charge in [-0.15, -0.1) is 0 Å². The minimum absolute atomic E-state index is 0.0182. The van der Waals surface area contributed by atoms with Crippen molar-refractivity contribution < 1.29 is 48.2 Å². The first-order chi connectivity index (χ1) is 23.4. The molecule has 284 valence electrons. The van der Waals surface area contributed by atoms with Crippen molar-refractivity contribution >= 4 is 19.8 Å². The van der Waals surface area contributed by atoms with Crippen molar-refractivity contribution in [1.82, 2.24) is 0 Å². The molecule has 0 unspecified atom stereocenters.